The van der Waals surface area contributed by atoms with Crippen LogP contribution in [0.1, 0.15) is 20.7 Å². The molecule has 2 amide bonds. The number of rotatable bonds is 4. The van der Waals surface area contributed by atoms with Crippen LogP contribution in [0.15, 0.2) is 42.5 Å². The first kappa shape index (κ1) is 18.2. The minimum atomic E-state index is -0.309. The van der Waals surface area contributed by atoms with Crippen molar-refractivity contribution in [3.8, 4) is 5.75 Å². The van der Waals surface area contributed by atoms with Crippen molar-refractivity contribution in [3.63, 3.8) is 0 Å². The third kappa shape index (κ3) is 4.15. The summed E-state index contributed by atoms with van der Waals surface area (Å²) in [7, 11) is 1.51. The van der Waals surface area contributed by atoms with Crippen LogP contribution in [0, 0.1) is 0 Å². The van der Waals surface area contributed by atoms with E-state index in [-0.39, 0.29) is 11.8 Å². The summed E-state index contributed by atoms with van der Waals surface area (Å²) in [6.45, 7) is 2.17. The van der Waals surface area contributed by atoms with Crippen molar-refractivity contribution in [2.45, 2.75) is 0 Å². The zero-order valence-electron chi connectivity index (χ0n) is 14.3. The molecule has 2 aromatic carbocycles. The highest BCUT2D eigenvalue weighted by Gasteiger charge is 2.20. The third-order valence-electron chi connectivity index (χ3n) is 4.10. The Hall–Kier alpha value is -2.57. The predicted octanol–water partition coefficient (Wildman–Crippen LogP) is 3.07. The van der Waals surface area contributed by atoms with E-state index >= 15 is 0 Å². The maximum Gasteiger partial charge on any atom is 0.255 e. The van der Waals surface area contributed by atoms with E-state index in [9.17, 15) is 9.59 Å². The van der Waals surface area contributed by atoms with Gasteiger partial charge in [0.25, 0.3) is 11.8 Å². The highest BCUT2D eigenvalue weighted by atomic mass is 35.5. The number of morpholine rings is 1. The molecule has 136 valence electrons. The van der Waals surface area contributed by atoms with Crippen LogP contribution in [0.2, 0.25) is 5.02 Å². The molecule has 3 rings (SSSR count). The molecule has 1 saturated heterocycles. The molecule has 1 fully saturated rings. The minimum Gasteiger partial charge on any atom is -0.495 e. The van der Waals surface area contributed by atoms with Crippen LogP contribution < -0.4 is 10.1 Å². The van der Waals surface area contributed by atoms with E-state index in [0.717, 1.165) is 0 Å². The Bertz CT molecular complexity index is 802. The van der Waals surface area contributed by atoms with Crippen LogP contribution >= 0.6 is 11.6 Å². The zero-order chi connectivity index (χ0) is 18.5. The first-order valence-electron chi connectivity index (χ1n) is 8.20. The zero-order valence-corrected chi connectivity index (χ0v) is 15.1. The fraction of sp³-hybridized carbons (Fsp3) is 0.263. The van der Waals surface area contributed by atoms with Gasteiger partial charge in [0.1, 0.15) is 5.75 Å². The number of amides is 2. The van der Waals surface area contributed by atoms with E-state index in [1.807, 2.05) is 0 Å². The first-order valence-corrected chi connectivity index (χ1v) is 8.58. The average molecular weight is 375 g/mol. The SMILES string of the molecule is COc1ccc(C(=O)N2CCOCC2)cc1NC(=O)c1ccc(Cl)cc1. The standard InChI is InChI=1S/C19H19ClN2O4/c1-25-17-7-4-14(19(24)22-8-10-26-11-9-22)12-16(17)21-18(23)13-2-5-15(20)6-3-13/h2-7,12H,8-11H2,1H3,(H,21,23). The van der Waals surface area contributed by atoms with Crippen LogP contribution in [-0.4, -0.2) is 50.1 Å². The largest absolute Gasteiger partial charge is 0.495 e. The topological polar surface area (TPSA) is 67.9 Å². The van der Waals surface area contributed by atoms with Gasteiger partial charge in [-0.1, -0.05) is 11.6 Å². The fourth-order valence-corrected chi connectivity index (χ4v) is 2.81. The van der Waals surface area contributed by atoms with Gasteiger partial charge in [0, 0.05) is 29.2 Å². The molecule has 6 nitrogen and oxygen atoms in total. The highest BCUT2D eigenvalue weighted by molar-refractivity contribution is 6.30. The number of carbonyl (C=O) groups is 2. The van der Waals surface area contributed by atoms with E-state index in [4.69, 9.17) is 21.1 Å². The quantitative estimate of drug-likeness (QED) is 0.893. The molecule has 1 aliphatic rings. The molecule has 1 N–H and O–H groups in total. The molecule has 0 radical (unpaired) electrons. The number of ether oxygens (including phenoxy) is 2. The Kier molecular flexibility index (Phi) is 5.75. The Morgan fingerprint density at radius 2 is 1.73 bits per heavy atom. The number of benzene rings is 2. The maximum atomic E-state index is 12.6. The van der Waals surface area contributed by atoms with Crippen LogP contribution in [0.5, 0.6) is 5.75 Å². The van der Waals surface area contributed by atoms with Crippen LogP contribution in [0.25, 0.3) is 0 Å². The van der Waals surface area contributed by atoms with Gasteiger partial charge in [0.05, 0.1) is 26.0 Å². The molecule has 0 aromatic heterocycles. The monoisotopic (exact) mass is 374 g/mol. The molecule has 0 unspecified atom stereocenters. The Balaban J connectivity index is 1.82. The van der Waals surface area contributed by atoms with Crippen LogP contribution in [-0.2, 0) is 4.74 Å². The summed E-state index contributed by atoms with van der Waals surface area (Å²) < 4.78 is 10.6. The maximum absolute atomic E-state index is 12.6. The number of hydrogen-bond acceptors (Lipinski definition) is 4. The fourth-order valence-electron chi connectivity index (χ4n) is 2.68. The lowest BCUT2D eigenvalue weighted by Gasteiger charge is -2.27. The Morgan fingerprint density at radius 1 is 1.08 bits per heavy atom. The number of hydrogen-bond donors (Lipinski definition) is 1. The van der Waals surface area contributed by atoms with E-state index in [1.54, 1.807) is 47.4 Å². The van der Waals surface area contributed by atoms with Gasteiger partial charge in [-0.25, -0.2) is 0 Å². The Morgan fingerprint density at radius 3 is 2.38 bits per heavy atom. The lowest BCUT2D eigenvalue weighted by Crippen LogP contribution is -2.40. The minimum absolute atomic E-state index is 0.0991. The number of halogens is 1. The van der Waals surface area contributed by atoms with Gasteiger partial charge in [-0.05, 0) is 42.5 Å². The van der Waals surface area contributed by atoms with Crippen molar-refractivity contribution < 1.29 is 19.1 Å². The Labute approximate surface area is 156 Å². The molecule has 0 saturated carbocycles. The smallest absolute Gasteiger partial charge is 0.255 e. The summed E-state index contributed by atoms with van der Waals surface area (Å²) >= 11 is 5.85. The molecule has 0 spiro atoms. The van der Waals surface area contributed by atoms with E-state index in [0.29, 0.717) is 53.9 Å². The molecule has 7 heteroatoms. The van der Waals surface area contributed by atoms with Gasteiger partial charge in [-0.3, -0.25) is 9.59 Å². The van der Waals surface area contributed by atoms with Crippen molar-refractivity contribution in [2.24, 2.45) is 0 Å². The lowest BCUT2D eigenvalue weighted by molar-refractivity contribution is 0.0303. The second-order valence-corrected chi connectivity index (χ2v) is 6.22. The van der Waals surface area contributed by atoms with E-state index < -0.39 is 0 Å². The van der Waals surface area contributed by atoms with Crippen molar-refractivity contribution in [1.29, 1.82) is 0 Å². The summed E-state index contributed by atoms with van der Waals surface area (Å²) in [5, 5.41) is 3.35. The summed E-state index contributed by atoms with van der Waals surface area (Å²) in [5.74, 6) is 0.0692. The lowest BCUT2D eigenvalue weighted by atomic mass is 10.1. The number of anilines is 1. The van der Waals surface area contributed by atoms with Gasteiger partial charge < -0.3 is 19.7 Å². The van der Waals surface area contributed by atoms with Crippen molar-refractivity contribution in [3.05, 3.63) is 58.6 Å². The number of nitrogens with one attached hydrogen (secondary N) is 1. The van der Waals surface area contributed by atoms with E-state index in [1.165, 1.54) is 7.11 Å². The number of nitrogens with zero attached hydrogens (tertiary/aromatic N) is 1. The molecule has 0 bridgehead atoms. The molecule has 26 heavy (non-hydrogen) atoms. The molecule has 1 aliphatic heterocycles. The number of methoxy groups -OCH3 is 1. The third-order valence-corrected chi connectivity index (χ3v) is 4.35. The molecule has 1 heterocycles. The molecule has 0 atom stereocenters. The highest BCUT2D eigenvalue weighted by Crippen LogP contribution is 2.27. The van der Waals surface area contributed by atoms with Gasteiger partial charge in [0.2, 0.25) is 0 Å². The molecule has 2 aromatic rings. The van der Waals surface area contributed by atoms with Gasteiger partial charge in [-0.2, -0.15) is 0 Å². The summed E-state index contributed by atoms with van der Waals surface area (Å²) in [6.07, 6.45) is 0. The van der Waals surface area contributed by atoms with Gasteiger partial charge in [0.15, 0.2) is 0 Å². The number of carbonyl (C=O) groups excluding carboxylic acids is 2. The van der Waals surface area contributed by atoms with Crippen molar-refractivity contribution in [1.82, 2.24) is 4.90 Å². The second-order valence-electron chi connectivity index (χ2n) is 5.78. The van der Waals surface area contributed by atoms with Crippen LogP contribution in [0.3, 0.4) is 0 Å². The van der Waals surface area contributed by atoms with Crippen molar-refractivity contribution >= 4 is 29.1 Å². The molecular formula is C19H19ClN2O4. The second kappa shape index (κ2) is 8.21. The molecular weight excluding hydrogens is 356 g/mol. The van der Waals surface area contributed by atoms with Gasteiger partial charge >= 0.3 is 0 Å². The molecule has 0 aliphatic carbocycles. The predicted molar refractivity (Wildman–Crippen MR) is 99.1 cm³/mol. The summed E-state index contributed by atoms with van der Waals surface area (Å²) in [6, 6.07) is 11.5. The summed E-state index contributed by atoms with van der Waals surface area (Å²) in [4.78, 5) is 26.8. The normalized spacial score (nSPS) is 14.0. The average Bonchev–Trinajstić information content (AvgIpc) is 2.68. The first-order chi connectivity index (χ1) is 12.6. The van der Waals surface area contributed by atoms with Gasteiger partial charge in [-0.15, -0.1) is 0 Å². The van der Waals surface area contributed by atoms with E-state index in [2.05, 4.69) is 5.32 Å². The summed E-state index contributed by atoms with van der Waals surface area (Å²) in [5.41, 5.74) is 1.38. The van der Waals surface area contributed by atoms with Crippen molar-refractivity contribution in [2.75, 3.05) is 38.7 Å². The van der Waals surface area contributed by atoms with Crippen LogP contribution in [0.4, 0.5) is 5.69 Å².